The summed E-state index contributed by atoms with van der Waals surface area (Å²) in [6, 6.07) is 18.5. The van der Waals surface area contributed by atoms with Crippen LogP contribution in [0.5, 0.6) is 0 Å². The molecule has 1 N–H and O–H groups in total. The Morgan fingerprint density at radius 2 is 1.53 bits per heavy atom. The molecule has 1 saturated carbocycles. The molecule has 9 heteroatoms. The first kappa shape index (κ1) is 32.6. The van der Waals surface area contributed by atoms with E-state index in [4.69, 9.17) is 11.6 Å². The van der Waals surface area contributed by atoms with Gasteiger partial charge < -0.3 is 10.2 Å². The second-order valence-electron chi connectivity index (χ2n) is 11.6. The van der Waals surface area contributed by atoms with Crippen LogP contribution in [-0.4, -0.2) is 43.8 Å². The average Bonchev–Trinajstić information content (AvgIpc) is 2.96. The van der Waals surface area contributed by atoms with Gasteiger partial charge in [-0.2, -0.15) is 0 Å². The zero-order chi connectivity index (χ0) is 31.1. The Labute approximate surface area is 261 Å². The van der Waals surface area contributed by atoms with E-state index in [-0.39, 0.29) is 23.4 Å². The van der Waals surface area contributed by atoms with Gasteiger partial charge in [0.15, 0.2) is 0 Å². The summed E-state index contributed by atoms with van der Waals surface area (Å²) in [5, 5.41) is 3.64. The molecule has 1 atom stereocenters. The minimum Gasteiger partial charge on any atom is -0.352 e. The molecule has 0 bridgehead atoms. The standard InChI is InChI=1S/C34H42ClN3O4S/c1-5-32(34(40)36-28-12-7-6-8-13-28)37(22-27-11-9-10-14-31(27)35)33(39)23-38(29-20-25(3)19-26(4)21-29)43(41,42)30-17-15-24(2)16-18-30/h9-11,14-21,28,32H,5-8,12-13,22-23H2,1-4H3,(H,36,40)/t32-/m0/s1. The van der Waals surface area contributed by atoms with E-state index in [0.29, 0.717) is 22.7 Å². The number of amides is 2. The highest BCUT2D eigenvalue weighted by Crippen LogP contribution is 2.28. The molecule has 0 spiro atoms. The molecule has 1 aliphatic rings. The molecule has 1 fully saturated rings. The normalized spacial score (nSPS) is 14.6. The predicted octanol–water partition coefficient (Wildman–Crippen LogP) is 6.72. The number of sulfonamides is 1. The molecule has 0 heterocycles. The third-order valence-electron chi connectivity index (χ3n) is 8.02. The van der Waals surface area contributed by atoms with Crippen molar-refractivity contribution in [1.82, 2.24) is 10.2 Å². The van der Waals surface area contributed by atoms with Crippen molar-refractivity contribution >= 4 is 39.1 Å². The van der Waals surface area contributed by atoms with Crippen molar-refractivity contribution in [2.75, 3.05) is 10.8 Å². The summed E-state index contributed by atoms with van der Waals surface area (Å²) in [5.74, 6) is -0.713. The SMILES string of the molecule is CC[C@@H](C(=O)NC1CCCCC1)N(Cc1ccccc1Cl)C(=O)CN(c1cc(C)cc(C)c1)S(=O)(=O)c1ccc(C)cc1. The number of nitrogens with zero attached hydrogens (tertiary/aromatic N) is 2. The first-order valence-corrected chi connectivity index (χ1v) is 16.8. The van der Waals surface area contributed by atoms with Crippen LogP contribution in [0, 0.1) is 20.8 Å². The highest BCUT2D eigenvalue weighted by molar-refractivity contribution is 7.92. The lowest BCUT2D eigenvalue weighted by Crippen LogP contribution is -2.54. The molecule has 0 saturated heterocycles. The van der Waals surface area contributed by atoms with Gasteiger partial charge in [-0.3, -0.25) is 13.9 Å². The molecular formula is C34H42ClN3O4S. The lowest BCUT2D eigenvalue weighted by atomic mass is 9.95. The number of halogens is 1. The summed E-state index contributed by atoms with van der Waals surface area (Å²) in [6.07, 6.45) is 5.47. The summed E-state index contributed by atoms with van der Waals surface area (Å²) in [6.45, 7) is 7.13. The van der Waals surface area contributed by atoms with Gasteiger partial charge in [-0.15, -0.1) is 0 Å². The molecule has 0 aliphatic heterocycles. The summed E-state index contributed by atoms with van der Waals surface area (Å²) in [7, 11) is -4.13. The fraction of sp³-hybridized carbons (Fsp3) is 0.412. The van der Waals surface area contributed by atoms with E-state index >= 15 is 0 Å². The molecule has 230 valence electrons. The third-order valence-corrected chi connectivity index (χ3v) is 10.2. The third kappa shape index (κ3) is 8.18. The average molecular weight is 624 g/mol. The largest absolute Gasteiger partial charge is 0.352 e. The van der Waals surface area contributed by atoms with Crippen LogP contribution in [0.25, 0.3) is 0 Å². The van der Waals surface area contributed by atoms with E-state index in [9.17, 15) is 18.0 Å². The molecule has 3 aromatic rings. The summed E-state index contributed by atoms with van der Waals surface area (Å²) >= 11 is 6.51. The second kappa shape index (κ2) is 14.4. The Bertz CT molecular complexity index is 1520. The van der Waals surface area contributed by atoms with Crippen molar-refractivity contribution in [2.45, 2.75) is 89.7 Å². The van der Waals surface area contributed by atoms with Crippen LogP contribution in [-0.2, 0) is 26.2 Å². The topological polar surface area (TPSA) is 86.8 Å². The van der Waals surface area contributed by atoms with Crippen LogP contribution in [0.1, 0.15) is 67.7 Å². The van der Waals surface area contributed by atoms with Crippen LogP contribution in [0.15, 0.2) is 71.6 Å². The molecular weight excluding hydrogens is 582 g/mol. The van der Waals surface area contributed by atoms with E-state index in [2.05, 4.69) is 5.32 Å². The van der Waals surface area contributed by atoms with Crippen LogP contribution in [0.2, 0.25) is 5.02 Å². The van der Waals surface area contributed by atoms with E-state index in [0.717, 1.165) is 53.1 Å². The minimum atomic E-state index is -4.13. The van der Waals surface area contributed by atoms with Crippen LogP contribution < -0.4 is 9.62 Å². The number of benzene rings is 3. The van der Waals surface area contributed by atoms with Gasteiger partial charge in [-0.05, 0) is 87.1 Å². The molecule has 3 aromatic carbocycles. The fourth-order valence-corrected chi connectivity index (χ4v) is 7.33. The summed E-state index contributed by atoms with van der Waals surface area (Å²) in [5.41, 5.74) is 3.74. The number of hydrogen-bond donors (Lipinski definition) is 1. The van der Waals surface area contributed by atoms with Crippen molar-refractivity contribution in [3.05, 3.63) is 94.0 Å². The molecule has 0 radical (unpaired) electrons. The maximum atomic E-state index is 14.3. The van der Waals surface area contributed by atoms with Crippen molar-refractivity contribution in [1.29, 1.82) is 0 Å². The van der Waals surface area contributed by atoms with Crippen molar-refractivity contribution in [3.8, 4) is 0 Å². The highest BCUT2D eigenvalue weighted by Gasteiger charge is 2.34. The molecule has 0 unspecified atom stereocenters. The molecule has 0 aromatic heterocycles. The Morgan fingerprint density at radius 3 is 2.14 bits per heavy atom. The van der Waals surface area contributed by atoms with Crippen LogP contribution >= 0.6 is 11.6 Å². The quantitative estimate of drug-likeness (QED) is 0.257. The number of hydrogen-bond acceptors (Lipinski definition) is 4. The maximum Gasteiger partial charge on any atom is 0.264 e. The second-order valence-corrected chi connectivity index (χ2v) is 13.8. The number of aryl methyl sites for hydroxylation is 3. The first-order chi connectivity index (χ1) is 20.5. The van der Waals surface area contributed by atoms with Crippen LogP contribution in [0.4, 0.5) is 5.69 Å². The van der Waals surface area contributed by atoms with Gasteiger partial charge in [0.25, 0.3) is 10.0 Å². The van der Waals surface area contributed by atoms with Crippen molar-refractivity contribution in [3.63, 3.8) is 0 Å². The monoisotopic (exact) mass is 623 g/mol. The molecule has 2 amide bonds. The van der Waals surface area contributed by atoms with Crippen molar-refractivity contribution in [2.24, 2.45) is 0 Å². The summed E-state index contributed by atoms with van der Waals surface area (Å²) in [4.78, 5) is 29.6. The van der Waals surface area contributed by atoms with Gasteiger partial charge in [0.05, 0.1) is 10.6 Å². The minimum absolute atomic E-state index is 0.0698. The lowest BCUT2D eigenvalue weighted by molar-refractivity contribution is -0.140. The Hall–Kier alpha value is -3.36. The summed E-state index contributed by atoms with van der Waals surface area (Å²) < 4.78 is 29.4. The number of rotatable bonds is 11. The maximum absolute atomic E-state index is 14.3. The number of carbonyl (C=O) groups excluding carboxylic acids is 2. The van der Waals surface area contributed by atoms with Gasteiger partial charge >= 0.3 is 0 Å². The predicted molar refractivity (Wildman–Crippen MR) is 173 cm³/mol. The zero-order valence-corrected chi connectivity index (χ0v) is 27.0. The molecule has 7 nitrogen and oxygen atoms in total. The smallest absolute Gasteiger partial charge is 0.264 e. The van der Waals surface area contributed by atoms with E-state index in [1.165, 1.54) is 4.90 Å². The highest BCUT2D eigenvalue weighted by atomic mass is 35.5. The first-order valence-electron chi connectivity index (χ1n) is 15.0. The van der Waals surface area contributed by atoms with Gasteiger partial charge in [-0.25, -0.2) is 8.42 Å². The Balaban J connectivity index is 1.74. The van der Waals surface area contributed by atoms with E-state index < -0.39 is 28.5 Å². The van der Waals surface area contributed by atoms with Gasteiger partial charge in [-0.1, -0.05) is 79.7 Å². The zero-order valence-electron chi connectivity index (χ0n) is 25.5. The van der Waals surface area contributed by atoms with Crippen LogP contribution in [0.3, 0.4) is 0 Å². The van der Waals surface area contributed by atoms with E-state index in [1.54, 1.807) is 48.5 Å². The number of anilines is 1. The Kier molecular flexibility index (Phi) is 10.9. The molecule has 4 rings (SSSR count). The van der Waals surface area contributed by atoms with Gasteiger partial charge in [0, 0.05) is 17.6 Å². The van der Waals surface area contributed by atoms with Gasteiger partial charge in [0.1, 0.15) is 12.6 Å². The van der Waals surface area contributed by atoms with E-state index in [1.807, 2.05) is 45.9 Å². The fourth-order valence-electron chi connectivity index (χ4n) is 5.73. The number of carbonyl (C=O) groups is 2. The molecule has 43 heavy (non-hydrogen) atoms. The number of nitrogens with one attached hydrogen (secondary N) is 1. The molecule has 1 aliphatic carbocycles. The Morgan fingerprint density at radius 1 is 0.907 bits per heavy atom. The van der Waals surface area contributed by atoms with Gasteiger partial charge in [0.2, 0.25) is 11.8 Å². The van der Waals surface area contributed by atoms with Crippen molar-refractivity contribution < 1.29 is 18.0 Å². The lowest BCUT2D eigenvalue weighted by Gasteiger charge is -2.34.